The number of nitrogens with zero attached hydrogens (tertiary/aromatic N) is 1. The summed E-state index contributed by atoms with van der Waals surface area (Å²) < 4.78 is 0.478. The first kappa shape index (κ1) is 16.5. The summed E-state index contributed by atoms with van der Waals surface area (Å²) in [5, 5.41) is 0.830. The summed E-state index contributed by atoms with van der Waals surface area (Å²) in [7, 11) is 0. The van der Waals surface area contributed by atoms with Crippen molar-refractivity contribution in [2.45, 2.75) is 6.92 Å². The van der Waals surface area contributed by atoms with Gasteiger partial charge in [0, 0.05) is 0 Å². The third kappa shape index (κ3) is 3.45. The third-order valence-electron chi connectivity index (χ3n) is 3.33. The van der Waals surface area contributed by atoms with Crippen molar-refractivity contribution in [1.82, 2.24) is 0 Å². The number of benzene rings is 2. The molecular formula is C17H11Cl2NOS2. The average Bonchev–Trinajstić information content (AvgIpc) is 2.79. The summed E-state index contributed by atoms with van der Waals surface area (Å²) in [6, 6.07) is 13.0. The van der Waals surface area contributed by atoms with Crippen LogP contribution in [0.15, 0.2) is 47.4 Å². The van der Waals surface area contributed by atoms with Gasteiger partial charge in [-0.2, -0.15) is 0 Å². The molecule has 116 valence electrons. The van der Waals surface area contributed by atoms with Crippen LogP contribution >= 0.6 is 47.2 Å². The van der Waals surface area contributed by atoms with Gasteiger partial charge in [-0.05, 0) is 36.8 Å². The van der Waals surface area contributed by atoms with Crippen molar-refractivity contribution in [2.75, 3.05) is 4.90 Å². The topological polar surface area (TPSA) is 20.3 Å². The third-order valence-corrected chi connectivity index (χ3v) is 5.37. The largest absolute Gasteiger partial charge is 0.270 e. The number of amides is 1. The zero-order valence-corrected chi connectivity index (χ0v) is 15.2. The lowest BCUT2D eigenvalue weighted by atomic mass is 10.1. The molecule has 1 aliphatic rings. The first-order valence-corrected chi connectivity index (χ1v) is 8.73. The van der Waals surface area contributed by atoms with Gasteiger partial charge in [-0.3, -0.25) is 9.69 Å². The lowest BCUT2D eigenvalue weighted by Gasteiger charge is -2.15. The van der Waals surface area contributed by atoms with Gasteiger partial charge in [0.2, 0.25) is 0 Å². The number of anilines is 1. The fraction of sp³-hybridized carbons (Fsp3) is 0.0588. The van der Waals surface area contributed by atoms with Gasteiger partial charge in [0.1, 0.15) is 0 Å². The highest BCUT2D eigenvalue weighted by Crippen LogP contribution is 2.37. The van der Waals surface area contributed by atoms with Crippen LogP contribution in [0.3, 0.4) is 0 Å². The van der Waals surface area contributed by atoms with Crippen LogP contribution < -0.4 is 4.90 Å². The Bertz CT molecular complexity index is 831. The Labute approximate surface area is 154 Å². The van der Waals surface area contributed by atoms with Gasteiger partial charge in [0.25, 0.3) is 5.91 Å². The second-order valence-corrected chi connectivity index (χ2v) is 7.52. The van der Waals surface area contributed by atoms with Gasteiger partial charge in [-0.15, -0.1) is 0 Å². The zero-order valence-electron chi connectivity index (χ0n) is 12.0. The molecule has 23 heavy (non-hydrogen) atoms. The number of carbonyl (C=O) groups is 1. The van der Waals surface area contributed by atoms with E-state index in [0.29, 0.717) is 25.0 Å². The fourth-order valence-corrected chi connectivity index (χ4v) is 3.72. The molecule has 0 aromatic heterocycles. The smallest absolute Gasteiger partial charge is 0.268 e. The van der Waals surface area contributed by atoms with Crippen molar-refractivity contribution in [2.24, 2.45) is 0 Å². The zero-order chi connectivity index (χ0) is 16.6. The van der Waals surface area contributed by atoms with E-state index in [1.54, 1.807) is 18.2 Å². The van der Waals surface area contributed by atoms with E-state index in [1.165, 1.54) is 22.2 Å². The number of thiocarbonyl (C=S) groups is 1. The van der Waals surface area contributed by atoms with Gasteiger partial charge in [0.15, 0.2) is 4.32 Å². The second-order valence-electron chi connectivity index (χ2n) is 5.03. The predicted molar refractivity (Wildman–Crippen MR) is 103 cm³/mol. The molecule has 2 aromatic rings. The van der Waals surface area contributed by atoms with Crippen molar-refractivity contribution in [3.05, 3.63) is 68.5 Å². The monoisotopic (exact) mass is 379 g/mol. The molecule has 1 aliphatic heterocycles. The minimum atomic E-state index is -0.154. The van der Waals surface area contributed by atoms with Crippen molar-refractivity contribution in [1.29, 1.82) is 0 Å². The summed E-state index contributed by atoms with van der Waals surface area (Å²) in [6.07, 6.45) is 1.84. The van der Waals surface area contributed by atoms with Crippen molar-refractivity contribution in [3.63, 3.8) is 0 Å². The molecule has 0 N–H and O–H groups in total. The molecule has 3 rings (SSSR count). The van der Waals surface area contributed by atoms with E-state index >= 15 is 0 Å². The molecule has 2 aromatic carbocycles. The summed E-state index contributed by atoms with van der Waals surface area (Å²) in [5.74, 6) is -0.154. The minimum Gasteiger partial charge on any atom is -0.268 e. The van der Waals surface area contributed by atoms with E-state index in [9.17, 15) is 4.79 Å². The van der Waals surface area contributed by atoms with Gasteiger partial charge in [0.05, 0.1) is 20.6 Å². The SMILES string of the molecule is Cc1ccc(/C=C2\SC(=S)N(c3ccc(Cl)c(Cl)c3)C2=O)cc1. The Kier molecular flexibility index (Phi) is 4.78. The van der Waals surface area contributed by atoms with E-state index in [4.69, 9.17) is 35.4 Å². The number of hydrogen-bond acceptors (Lipinski definition) is 3. The molecule has 1 heterocycles. The molecule has 0 aliphatic carbocycles. The lowest BCUT2D eigenvalue weighted by molar-refractivity contribution is -0.113. The van der Waals surface area contributed by atoms with Crippen LogP contribution in [0.1, 0.15) is 11.1 Å². The predicted octanol–water partition coefficient (Wildman–Crippen LogP) is 5.71. The molecule has 2 nitrogen and oxygen atoms in total. The average molecular weight is 380 g/mol. The van der Waals surface area contributed by atoms with Crippen molar-refractivity contribution >= 4 is 69.2 Å². The highest BCUT2D eigenvalue weighted by Gasteiger charge is 2.33. The number of rotatable bonds is 2. The van der Waals surface area contributed by atoms with E-state index in [-0.39, 0.29) is 5.91 Å². The quantitative estimate of drug-likeness (QED) is 0.492. The Hall–Kier alpha value is -1.33. The van der Waals surface area contributed by atoms with Gasteiger partial charge in [-0.25, -0.2) is 0 Å². The van der Waals surface area contributed by atoms with Gasteiger partial charge < -0.3 is 0 Å². The normalized spacial score (nSPS) is 16.5. The van der Waals surface area contributed by atoms with Crippen LogP contribution in [0.5, 0.6) is 0 Å². The summed E-state index contributed by atoms with van der Waals surface area (Å²) in [6.45, 7) is 2.02. The molecule has 1 amide bonds. The highest BCUT2D eigenvalue weighted by atomic mass is 35.5. The maximum atomic E-state index is 12.7. The van der Waals surface area contributed by atoms with Crippen molar-refractivity contribution in [3.8, 4) is 0 Å². The van der Waals surface area contributed by atoms with Crippen LogP contribution in [0.4, 0.5) is 5.69 Å². The Morgan fingerprint density at radius 3 is 2.43 bits per heavy atom. The molecule has 0 saturated carbocycles. The van der Waals surface area contributed by atoms with Crippen LogP contribution in [0, 0.1) is 6.92 Å². The maximum Gasteiger partial charge on any atom is 0.270 e. The minimum absolute atomic E-state index is 0.154. The standard InChI is InChI=1S/C17H11Cl2NOS2/c1-10-2-4-11(5-3-10)8-15-16(21)20(17(22)23-15)12-6-7-13(18)14(19)9-12/h2-9H,1H3/b15-8-. The molecule has 0 radical (unpaired) electrons. The molecule has 0 unspecified atom stereocenters. The summed E-state index contributed by atoms with van der Waals surface area (Å²) >= 11 is 18.6. The number of aryl methyl sites for hydroxylation is 1. The Morgan fingerprint density at radius 2 is 1.78 bits per heavy atom. The lowest BCUT2D eigenvalue weighted by Crippen LogP contribution is -2.27. The Balaban J connectivity index is 1.93. The van der Waals surface area contributed by atoms with Crippen LogP contribution in [-0.4, -0.2) is 10.2 Å². The summed E-state index contributed by atoms with van der Waals surface area (Å²) in [5.41, 5.74) is 2.75. The Morgan fingerprint density at radius 1 is 1.09 bits per heavy atom. The van der Waals surface area contributed by atoms with E-state index < -0.39 is 0 Å². The molecule has 0 atom stereocenters. The van der Waals surface area contributed by atoms with E-state index in [0.717, 1.165) is 5.56 Å². The molecule has 1 fully saturated rings. The van der Waals surface area contributed by atoms with Gasteiger partial charge in [-0.1, -0.05) is 77.0 Å². The number of halogens is 2. The molecule has 6 heteroatoms. The van der Waals surface area contributed by atoms with E-state index in [1.807, 2.05) is 37.3 Å². The van der Waals surface area contributed by atoms with Crippen LogP contribution in [-0.2, 0) is 4.79 Å². The molecule has 0 bridgehead atoms. The van der Waals surface area contributed by atoms with Crippen molar-refractivity contribution < 1.29 is 4.79 Å². The van der Waals surface area contributed by atoms with Crippen LogP contribution in [0.2, 0.25) is 10.0 Å². The number of hydrogen-bond donors (Lipinski definition) is 0. The van der Waals surface area contributed by atoms with E-state index in [2.05, 4.69) is 0 Å². The summed E-state index contributed by atoms with van der Waals surface area (Å²) in [4.78, 5) is 14.7. The fourth-order valence-electron chi connectivity index (χ4n) is 2.13. The molecule has 1 saturated heterocycles. The van der Waals surface area contributed by atoms with Gasteiger partial charge >= 0.3 is 0 Å². The molecule has 0 spiro atoms. The first-order chi connectivity index (χ1) is 11.0. The second kappa shape index (κ2) is 6.65. The highest BCUT2D eigenvalue weighted by molar-refractivity contribution is 8.27. The number of carbonyl (C=O) groups excluding carboxylic acids is 1. The molecular weight excluding hydrogens is 369 g/mol. The number of thioether (sulfide) groups is 1. The first-order valence-electron chi connectivity index (χ1n) is 6.75. The maximum absolute atomic E-state index is 12.7. The van der Waals surface area contributed by atoms with Crippen LogP contribution in [0.25, 0.3) is 6.08 Å².